The Labute approximate surface area is 89.0 Å². The average Bonchev–Trinajstić information content (AvgIpc) is 2.68. The zero-order valence-corrected chi connectivity index (χ0v) is 8.94. The highest BCUT2D eigenvalue weighted by Crippen LogP contribution is 1.84. The summed E-state index contributed by atoms with van der Waals surface area (Å²) >= 11 is 0. The van der Waals surface area contributed by atoms with Gasteiger partial charge >= 0.3 is 0 Å². The van der Waals surface area contributed by atoms with Crippen molar-refractivity contribution < 1.29 is 4.79 Å². The second-order valence-corrected chi connectivity index (χ2v) is 3.25. The number of carbonyl (C=O) groups excluding carboxylic acids is 1. The van der Waals surface area contributed by atoms with E-state index in [1.165, 1.54) is 6.92 Å². The first-order valence-corrected chi connectivity index (χ1v) is 5.08. The molecule has 1 aromatic heterocycles. The Morgan fingerprint density at radius 2 is 2.27 bits per heavy atom. The van der Waals surface area contributed by atoms with Crippen LogP contribution >= 0.6 is 0 Å². The van der Waals surface area contributed by atoms with E-state index in [0.29, 0.717) is 6.54 Å². The van der Waals surface area contributed by atoms with Gasteiger partial charge in [-0.15, -0.1) is 5.10 Å². The summed E-state index contributed by atoms with van der Waals surface area (Å²) in [5.41, 5.74) is 0. The van der Waals surface area contributed by atoms with E-state index in [9.17, 15) is 4.79 Å². The fraction of sp³-hybridized carbons (Fsp3) is 0.667. The number of aryl methyl sites for hydroxylation is 1. The van der Waals surface area contributed by atoms with Gasteiger partial charge in [-0.25, -0.2) is 0 Å². The van der Waals surface area contributed by atoms with Gasteiger partial charge in [-0.2, -0.15) is 0 Å². The predicted molar refractivity (Wildman–Crippen MR) is 56.2 cm³/mol. The van der Waals surface area contributed by atoms with E-state index in [0.717, 1.165) is 26.1 Å². The van der Waals surface area contributed by atoms with Gasteiger partial charge in [-0.3, -0.25) is 9.48 Å². The third kappa shape index (κ3) is 5.79. The normalized spacial score (nSPS) is 10.2. The van der Waals surface area contributed by atoms with Gasteiger partial charge < -0.3 is 10.6 Å². The number of nitrogens with zero attached hydrogens (tertiary/aromatic N) is 3. The lowest BCUT2D eigenvalue weighted by Crippen LogP contribution is -2.30. The fourth-order valence-electron chi connectivity index (χ4n) is 1.17. The summed E-state index contributed by atoms with van der Waals surface area (Å²) in [7, 11) is 0. The standard InChI is InChI=1S/C9H17N5O/c1-9(15)11-5-4-10-3-2-7-14-8-6-12-13-14/h6,8,10H,2-5,7H2,1H3,(H,11,15). The van der Waals surface area contributed by atoms with Crippen molar-refractivity contribution in [2.75, 3.05) is 19.6 Å². The summed E-state index contributed by atoms with van der Waals surface area (Å²) in [5, 5.41) is 13.5. The number of rotatable bonds is 7. The molecule has 0 bridgehead atoms. The molecule has 0 aliphatic rings. The van der Waals surface area contributed by atoms with E-state index in [1.807, 2.05) is 6.20 Å². The van der Waals surface area contributed by atoms with Crippen LogP contribution in [0.4, 0.5) is 0 Å². The molecule has 6 heteroatoms. The molecule has 0 saturated heterocycles. The summed E-state index contributed by atoms with van der Waals surface area (Å²) < 4.78 is 1.80. The monoisotopic (exact) mass is 211 g/mol. The molecule has 1 amide bonds. The zero-order chi connectivity index (χ0) is 10.9. The molecule has 1 heterocycles. The van der Waals surface area contributed by atoms with Gasteiger partial charge in [-0.05, 0) is 13.0 Å². The highest BCUT2D eigenvalue weighted by Gasteiger charge is 1.92. The minimum Gasteiger partial charge on any atom is -0.355 e. The number of amides is 1. The number of hydrogen-bond donors (Lipinski definition) is 2. The second-order valence-electron chi connectivity index (χ2n) is 3.25. The molecule has 0 fully saturated rings. The van der Waals surface area contributed by atoms with Crippen LogP contribution in [0.15, 0.2) is 12.4 Å². The van der Waals surface area contributed by atoms with Gasteiger partial charge in [0.15, 0.2) is 0 Å². The number of nitrogens with one attached hydrogen (secondary N) is 2. The lowest BCUT2D eigenvalue weighted by molar-refractivity contribution is -0.118. The maximum Gasteiger partial charge on any atom is 0.216 e. The quantitative estimate of drug-likeness (QED) is 0.590. The molecule has 84 valence electrons. The van der Waals surface area contributed by atoms with Crippen molar-refractivity contribution in [3.8, 4) is 0 Å². The van der Waals surface area contributed by atoms with Gasteiger partial charge in [0.05, 0.1) is 6.20 Å². The Bertz CT molecular complexity index is 272. The number of carbonyl (C=O) groups is 1. The molecule has 0 radical (unpaired) electrons. The Hall–Kier alpha value is -1.43. The minimum absolute atomic E-state index is 0.0133. The summed E-state index contributed by atoms with van der Waals surface area (Å²) in [5.74, 6) is 0.0133. The molecular formula is C9H17N5O. The molecule has 0 saturated carbocycles. The van der Waals surface area contributed by atoms with E-state index in [2.05, 4.69) is 20.9 Å². The van der Waals surface area contributed by atoms with Crippen molar-refractivity contribution in [3.63, 3.8) is 0 Å². The highest BCUT2D eigenvalue weighted by molar-refractivity contribution is 5.72. The lowest BCUT2D eigenvalue weighted by atomic mass is 10.4. The first-order valence-electron chi connectivity index (χ1n) is 5.08. The molecule has 0 atom stereocenters. The molecule has 0 spiro atoms. The third-order valence-electron chi connectivity index (χ3n) is 1.89. The SMILES string of the molecule is CC(=O)NCCNCCCn1ccnn1. The molecule has 1 aromatic rings. The van der Waals surface area contributed by atoms with Crippen LogP contribution < -0.4 is 10.6 Å². The zero-order valence-electron chi connectivity index (χ0n) is 8.94. The van der Waals surface area contributed by atoms with Crippen LogP contribution in [0.1, 0.15) is 13.3 Å². The van der Waals surface area contributed by atoms with Crippen LogP contribution in [-0.2, 0) is 11.3 Å². The van der Waals surface area contributed by atoms with E-state index >= 15 is 0 Å². The highest BCUT2D eigenvalue weighted by atomic mass is 16.1. The second kappa shape index (κ2) is 6.94. The molecule has 6 nitrogen and oxygen atoms in total. The Kier molecular flexibility index (Phi) is 5.39. The lowest BCUT2D eigenvalue weighted by Gasteiger charge is -2.04. The van der Waals surface area contributed by atoms with Crippen LogP contribution in [-0.4, -0.2) is 40.5 Å². The van der Waals surface area contributed by atoms with Gasteiger partial charge in [0.25, 0.3) is 0 Å². The van der Waals surface area contributed by atoms with Crippen molar-refractivity contribution >= 4 is 5.91 Å². The van der Waals surface area contributed by atoms with E-state index in [1.54, 1.807) is 10.9 Å². The van der Waals surface area contributed by atoms with Gasteiger partial charge in [0.1, 0.15) is 0 Å². The first-order chi connectivity index (χ1) is 7.29. The molecule has 1 rings (SSSR count). The van der Waals surface area contributed by atoms with Crippen molar-refractivity contribution in [1.82, 2.24) is 25.6 Å². The summed E-state index contributed by atoms with van der Waals surface area (Å²) in [6.07, 6.45) is 4.52. The maximum atomic E-state index is 10.5. The minimum atomic E-state index is 0.0133. The molecular weight excluding hydrogens is 194 g/mol. The van der Waals surface area contributed by atoms with Crippen LogP contribution in [0, 0.1) is 0 Å². The maximum absolute atomic E-state index is 10.5. The topological polar surface area (TPSA) is 71.8 Å². The Balaban J connectivity index is 1.87. The molecule has 0 unspecified atom stereocenters. The summed E-state index contributed by atoms with van der Waals surface area (Å²) in [6.45, 7) is 4.78. The molecule has 2 N–H and O–H groups in total. The van der Waals surface area contributed by atoms with Crippen LogP contribution in [0.5, 0.6) is 0 Å². The van der Waals surface area contributed by atoms with Gasteiger partial charge in [-0.1, -0.05) is 5.21 Å². The van der Waals surface area contributed by atoms with Crippen LogP contribution in [0.3, 0.4) is 0 Å². The number of hydrogen-bond acceptors (Lipinski definition) is 4. The third-order valence-corrected chi connectivity index (χ3v) is 1.89. The first kappa shape index (κ1) is 11.6. The van der Waals surface area contributed by atoms with Crippen molar-refractivity contribution in [2.45, 2.75) is 19.9 Å². The van der Waals surface area contributed by atoms with E-state index < -0.39 is 0 Å². The summed E-state index contributed by atoms with van der Waals surface area (Å²) in [6, 6.07) is 0. The van der Waals surface area contributed by atoms with Crippen molar-refractivity contribution in [3.05, 3.63) is 12.4 Å². The van der Waals surface area contributed by atoms with Gasteiger partial charge in [0, 0.05) is 32.8 Å². The Morgan fingerprint density at radius 1 is 1.40 bits per heavy atom. The van der Waals surface area contributed by atoms with E-state index in [4.69, 9.17) is 0 Å². The van der Waals surface area contributed by atoms with Crippen molar-refractivity contribution in [1.29, 1.82) is 0 Å². The molecule has 15 heavy (non-hydrogen) atoms. The number of aromatic nitrogens is 3. The van der Waals surface area contributed by atoms with Gasteiger partial charge in [0.2, 0.25) is 5.91 Å². The summed E-state index contributed by atoms with van der Waals surface area (Å²) in [4.78, 5) is 10.5. The van der Waals surface area contributed by atoms with E-state index in [-0.39, 0.29) is 5.91 Å². The predicted octanol–water partition coefficient (Wildman–Crippen LogP) is -0.606. The van der Waals surface area contributed by atoms with Crippen LogP contribution in [0.2, 0.25) is 0 Å². The fourth-order valence-corrected chi connectivity index (χ4v) is 1.17. The average molecular weight is 211 g/mol. The molecule has 0 aliphatic heterocycles. The van der Waals surface area contributed by atoms with Crippen molar-refractivity contribution in [2.24, 2.45) is 0 Å². The largest absolute Gasteiger partial charge is 0.355 e. The van der Waals surface area contributed by atoms with Crippen LogP contribution in [0.25, 0.3) is 0 Å². The molecule has 0 aliphatic carbocycles. The Morgan fingerprint density at radius 3 is 2.93 bits per heavy atom. The smallest absolute Gasteiger partial charge is 0.216 e. The molecule has 0 aromatic carbocycles.